The van der Waals surface area contributed by atoms with Crippen LogP contribution in [-0.2, 0) is 14.8 Å². The maximum atomic E-state index is 14.0. The van der Waals surface area contributed by atoms with Crippen molar-refractivity contribution >= 4 is 38.1 Å². The monoisotopic (exact) mass is 438 g/mol. The summed E-state index contributed by atoms with van der Waals surface area (Å²) in [4.78, 5) is 12.3. The Labute approximate surface area is 170 Å². The number of nitrogens with one attached hydrogen (secondary N) is 1. The smallest absolute Gasteiger partial charge is 0.246 e. The molecule has 0 spiro atoms. The minimum atomic E-state index is -4.01. The average Bonchev–Trinajstić information content (AvgIpc) is 3.08. The lowest BCUT2D eigenvalue weighted by atomic mass is 10.2. The van der Waals surface area contributed by atoms with Crippen LogP contribution in [0.1, 0.15) is 5.56 Å². The van der Waals surface area contributed by atoms with Gasteiger partial charge in [0.05, 0.1) is 11.9 Å². The Morgan fingerprint density at radius 3 is 2.45 bits per heavy atom. The summed E-state index contributed by atoms with van der Waals surface area (Å²) in [6.07, 6.45) is 0.823. The van der Waals surface area contributed by atoms with Crippen molar-refractivity contribution in [2.24, 2.45) is 0 Å². The second kappa shape index (κ2) is 8.21. The summed E-state index contributed by atoms with van der Waals surface area (Å²) >= 11 is 1.11. The Kier molecular flexibility index (Phi) is 5.89. The highest BCUT2D eigenvalue weighted by atomic mass is 32.2. The van der Waals surface area contributed by atoms with Crippen LogP contribution in [0.4, 0.5) is 19.6 Å². The first-order valence-electron chi connectivity index (χ1n) is 8.26. The summed E-state index contributed by atoms with van der Waals surface area (Å²) in [6, 6.07) is 9.97. The van der Waals surface area contributed by atoms with E-state index in [-0.39, 0.29) is 5.13 Å². The van der Waals surface area contributed by atoms with Crippen LogP contribution in [0, 0.1) is 18.6 Å². The van der Waals surface area contributed by atoms with Gasteiger partial charge in [0.25, 0.3) is 0 Å². The first kappa shape index (κ1) is 20.8. The molecule has 0 aliphatic carbocycles. The predicted molar refractivity (Wildman–Crippen MR) is 107 cm³/mol. The van der Waals surface area contributed by atoms with E-state index < -0.39 is 39.8 Å². The standard InChI is InChI=1S/C18H16F2N4O3S2/c1-11-3-5-12(6-4-11)17-22-23-18(28-17)21-16(25)10-24(29(2,26)27)15-8-7-13(19)9-14(15)20/h3-9H,10H2,1-2H3,(H,21,23,25). The Morgan fingerprint density at radius 1 is 1.14 bits per heavy atom. The van der Waals surface area contributed by atoms with Gasteiger partial charge in [-0.15, -0.1) is 10.2 Å². The van der Waals surface area contributed by atoms with Crippen molar-refractivity contribution in [2.75, 3.05) is 22.4 Å². The fourth-order valence-corrected chi connectivity index (χ4v) is 4.06. The molecule has 0 saturated carbocycles. The zero-order chi connectivity index (χ0) is 21.2. The van der Waals surface area contributed by atoms with E-state index in [9.17, 15) is 22.0 Å². The highest BCUT2D eigenvalue weighted by molar-refractivity contribution is 7.92. The SMILES string of the molecule is Cc1ccc(-c2nnc(NC(=O)CN(c3ccc(F)cc3F)S(C)(=O)=O)s2)cc1. The molecule has 0 unspecified atom stereocenters. The van der Waals surface area contributed by atoms with E-state index >= 15 is 0 Å². The van der Waals surface area contributed by atoms with Crippen LogP contribution in [0.3, 0.4) is 0 Å². The van der Waals surface area contributed by atoms with Gasteiger partial charge in [-0.2, -0.15) is 0 Å². The third-order valence-electron chi connectivity index (χ3n) is 3.84. The summed E-state index contributed by atoms with van der Waals surface area (Å²) in [5, 5.41) is 11.1. The number of hydrogen-bond acceptors (Lipinski definition) is 6. The summed E-state index contributed by atoms with van der Waals surface area (Å²) in [6.45, 7) is 1.24. The molecule has 0 radical (unpaired) electrons. The largest absolute Gasteiger partial charge is 0.299 e. The first-order valence-corrected chi connectivity index (χ1v) is 10.9. The lowest BCUT2D eigenvalue weighted by Gasteiger charge is -2.22. The predicted octanol–water partition coefficient (Wildman–Crippen LogP) is 3.20. The molecule has 29 heavy (non-hydrogen) atoms. The maximum Gasteiger partial charge on any atom is 0.246 e. The highest BCUT2D eigenvalue weighted by Crippen LogP contribution is 2.27. The number of sulfonamides is 1. The molecular weight excluding hydrogens is 422 g/mol. The number of halogens is 2. The summed E-state index contributed by atoms with van der Waals surface area (Å²) in [5.74, 6) is -2.70. The van der Waals surface area contributed by atoms with Gasteiger partial charge in [-0.3, -0.25) is 14.4 Å². The van der Waals surface area contributed by atoms with Crippen LogP contribution in [0.2, 0.25) is 0 Å². The van der Waals surface area contributed by atoms with E-state index in [0.29, 0.717) is 15.4 Å². The number of amides is 1. The molecule has 3 rings (SSSR count). The van der Waals surface area contributed by atoms with Gasteiger partial charge >= 0.3 is 0 Å². The van der Waals surface area contributed by atoms with Crippen molar-refractivity contribution in [1.29, 1.82) is 0 Å². The zero-order valence-corrected chi connectivity index (χ0v) is 17.0. The Balaban J connectivity index is 1.77. The zero-order valence-electron chi connectivity index (χ0n) is 15.4. The Hall–Kier alpha value is -2.92. The first-order chi connectivity index (χ1) is 13.6. The van der Waals surface area contributed by atoms with Gasteiger partial charge in [-0.1, -0.05) is 41.2 Å². The third-order valence-corrected chi connectivity index (χ3v) is 5.85. The number of carbonyl (C=O) groups is 1. The number of benzene rings is 2. The van der Waals surface area contributed by atoms with Gasteiger partial charge in [-0.05, 0) is 19.1 Å². The molecule has 11 heteroatoms. The topological polar surface area (TPSA) is 92.3 Å². The average molecular weight is 438 g/mol. The molecule has 1 aromatic heterocycles. The molecule has 1 N–H and O–H groups in total. The molecule has 1 amide bonds. The molecular formula is C18H16F2N4O3S2. The normalized spacial score (nSPS) is 11.3. The van der Waals surface area contributed by atoms with Crippen LogP contribution in [0.15, 0.2) is 42.5 Å². The number of rotatable bonds is 6. The lowest BCUT2D eigenvalue weighted by molar-refractivity contribution is -0.114. The van der Waals surface area contributed by atoms with Gasteiger partial charge < -0.3 is 0 Å². The minimum absolute atomic E-state index is 0.165. The number of aromatic nitrogens is 2. The van der Waals surface area contributed by atoms with Crippen molar-refractivity contribution in [1.82, 2.24) is 10.2 Å². The van der Waals surface area contributed by atoms with Crippen molar-refractivity contribution in [3.05, 3.63) is 59.7 Å². The molecule has 3 aromatic rings. The molecule has 0 aliphatic rings. The van der Waals surface area contributed by atoms with Crippen molar-refractivity contribution in [3.8, 4) is 10.6 Å². The number of hydrogen-bond donors (Lipinski definition) is 1. The number of nitrogens with zero attached hydrogens (tertiary/aromatic N) is 3. The molecule has 0 fully saturated rings. The van der Waals surface area contributed by atoms with Crippen LogP contribution in [-0.4, -0.2) is 37.3 Å². The molecule has 0 aliphatic heterocycles. The Morgan fingerprint density at radius 2 is 1.83 bits per heavy atom. The molecule has 152 valence electrons. The highest BCUT2D eigenvalue weighted by Gasteiger charge is 2.24. The fraction of sp³-hybridized carbons (Fsp3) is 0.167. The quantitative estimate of drug-likeness (QED) is 0.638. The fourth-order valence-electron chi connectivity index (χ4n) is 2.44. The van der Waals surface area contributed by atoms with Crippen LogP contribution < -0.4 is 9.62 Å². The van der Waals surface area contributed by atoms with Gasteiger partial charge in [0.15, 0.2) is 0 Å². The van der Waals surface area contributed by atoms with Crippen LogP contribution in [0.5, 0.6) is 0 Å². The maximum absolute atomic E-state index is 14.0. The van der Waals surface area contributed by atoms with Gasteiger partial charge in [0.1, 0.15) is 23.2 Å². The van der Waals surface area contributed by atoms with Crippen LogP contribution in [0.25, 0.3) is 10.6 Å². The summed E-state index contributed by atoms with van der Waals surface area (Å²) in [7, 11) is -4.01. The van der Waals surface area contributed by atoms with E-state index in [1.165, 1.54) is 0 Å². The molecule has 0 bridgehead atoms. The molecule has 0 atom stereocenters. The van der Waals surface area contributed by atoms with E-state index in [1.807, 2.05) is 31.2 Å². The van der Waals surface area contributed by atoms with E-state index in [1.54, 1.807) is 0 Å². The number of anilines is 2. The minimum Gasteiger partial charge on any atom is -0.299 e. The lowest BCUT2D eigenvalue weighted by Crippen LogP contribution is -2.38. The molecule has 7 nitrogen and oxygen atoms in total. The third kappa shape index (κ3) is 5.12. The van der Waals surface area contributed by atoms with Crippen LogP contribution >= 0.6 is 11.3 Å². The molecule has 0 saturated heterocycles. The van der Waals surface area contributed by atoms with Crippen molar-refractivity contribution in [2.45, 2.75) is 6.92 Å². The van der Waals surface area contributed by atoms with Crippen molar-refractivity contribution < 1.29 is 22.0 Å². The number of carbonyl (C=O) groups excluding carboxylic acids is 1. The second-order valence-corrected chi connectivity index (χ2v) is 9.08. The number of aryl methyl sites for hydroxylation is 1. The summed E-state index contributed by atoms with van der Waals surface area (Å²) in [5.41, 5.74) is 1.47. The van der Waals surface area contributed by atoms with E-state index in [0.717, 1.165) is 40.9 Å². The second-order valence-electron chi connectivity index (χ2n) is 6.19. The molecule has 1 heterocycles. The Bertz CT molecular complexity index is 1150. The summed E-state index contributed by atoms with van der Waals surface area (Å²) < 4.78 is 51.8. The van der Waals surface area contributed by atoms with Gasteiger partial charge in [0, 0.05) is 11.6 Å². The van der Waals surface area contributed by atoms with E-state index in [4.69, 9.17) is 0 Å². The molecule has 2 aromatic carbocycles. The van der Waals surface area contributed by atoms with Crippen molar-refractivity contribution in [3.63, 3.8) is 0 Å². The van der Waals surface area contributed by atoms with Gasteiger partial charge in [-0.25, -0.2) is 17.2 Å². The van der Waals surface area contributed by atoms with E-state index in [2.05, 4.69) is 15.5 Å². The van der Waals surface area contributed by atoms with Gasteiger partial charge in [0.2, 0.25) is 21.1 Å².